The lowest BCUT2D eigenvalue weighted by atomic mass is 10.1. The molecule has 31 heavy (non-hydrogen) atoms. The third kappa shape index (κ3) is 4.99. The number of nitrogens with zero attached hydrogens (tertiary/aromatic N) is 3. The van der Waals surface area contributed by atoms with Gasteiger partial charge < -0.3 is 10.2 Å². The van der Waals surface area contributed by atoms with Crippen LogP contribution in [0.2, 0.25) is 0 Å². The van der Waals surface area contributed by atoms with Gasteiger partial charge in [-0.25, -0.2) is 4.68 Å². The summed E-state index contributed by atoms with van der Waals surface area (Å²) in [4.78, 5) is 29.2. The minimum absolute atomic E-state index is 0.0745. The summed E-state index contributed by atoms with van der Waals surface area (Å²) in [5.41, 5.74) is 1.31. The summed E-state index contributed by atoms with van der Waals surface area (Å²) in [5.74, 6) is 0.774. The van der Waals surface area contributed by atoms with Gasteiger partial charge in [-0.1, -0.05) is 37.3 Å². The minimum atomic E-state index is -0.128. The van der Waals surface area contributed by atoms with Crippen LogP contribution in [-0.4, -0.2) is 46.0 Å². The highest BCUT2D eigenvalue weighted by atomic mass is 32.2. The predicted molar refractivity (Wildman–Crippen MR) is 126 cm³/mol. The van der Waals surface area contributed by atoms with E-state index >= 15 is 0 Å². The number of hydrogen-bond donors (Lipinski definition) is 1. The van der Waals surface area contributed by atoms with Crippen molar-refractivity contribution in [1.82, 2.24) is 20.0 Å². The molecule has 2 heterocycles. The number of benzene rings is 2. The molecule has 1 aliphatic rings. The molecule has 1 N–H and O–H groups in total. The Hall–Kier alpha value is -2.64. The Bertz CT molecular complexity index is 1120. The van der Waals surface area contributed by atoms with Crippen molar-refractivity contribution < 1.29 is 4.79 Å². The third-order valence-electron chi connectivity index (χ3n) is 5.62. The lowest BCUT2D eigenvalue weighted by Gasteiger charge is -2.16. The SMILES string of the molecule is CCSc1ccccc1C(=O)NCc1nn(CCN2CCCC2)c(=O)c2ccccc12. The molecule has 0 atom stereocenters. The van der Waals surface area contributed by atoms with Gasteiger partial charge in [0.1, 0.15) is 0 Å². The first-order chi connectivity index (χ1) is 15.2. The van der Waals surface area contributed by atoms with Crippen LogP contribution in [-0.2, 0) is 13.1 Å². The van der Waals surface area contributed by atoms with E-state index < -0.39 is 0 Å². The summed E-state index contributed by atoms with van der Waals surface area (Å²) >= 11 is 1.65. The molecule has 0 saturated carbocycles. The number of rotatable bonds is 8. The molecule has 1 saturated heterocycles. The van der Waals surface area contributed by atoms with Crippen LogP contribution in [0, 0.1) is 0 Å². The average Bonchev–Trinajstić information content (AvgIpc) is 3.32. The van der Waals surface area contributed by atoms with Crippen LogP contribution in [0.15, 0.2) is 58.2 Å². The van der Waals surface area contributed by atoms with Crippen molar-refractivity contribution in [3.05, 3.63) is 70.1 Å². The molecule has 4 rings (SSSR count). The van der Waals surface area contributed by atoms with Gasteiger partial charge in [0.25, 0.3) is 11.5 Å². The monoisotopic (exact) mass is 436 g/mol. The third-order valence-corrected chi connectivity index (χ3v) is 6.57. The smallest absolute Gasteiger partial charge is 0.274 e. The maximum Gasteiger partial charge on any atom is 0.274 e. The van der Waals surface area contributed by atoms with Crippen molar-refractivity contribution >= 4 is 28.4 Å². The fourth-order valence-electron chi connectivity index (χ4n) is 4.02. The van der Waals surface area contributed by atoms with Gasteiger partial charge >= 0.3 is 0 Å². The van der Waals surface area contributed by atoms with Gasteiger partial charge in [0, 0.05) is 16.8 Å². The number of hydrogen-bond acceptors (Lipinski definition) is 5. The van der Waals surface area contributed by atoms with Crippen LogP contribution < -0.4 is 10.9 Å². The number of amides is 1. The van der Waals surface area contributed by atoms with Crippen molar-refractivity contribution in [2.24, 2.45) is 0 Å². The molecule has 1 aromatic heterocycles. The summed E-state index contributed by atoms with van der Waals surface area (Å²) in [7, 11) is 0. The topological polar surface area (TPSA) is 67.2 Å². The zero-order valence-electron chi connectivity index (χ0n) is 17.8. The molecule has 6 nitrogen and oxygen atoms in total. The first kappa shape index (κ1) is 21.6. The van der Waals surface area contributed by atoms with Crippen molar-refractivity contribution in [3.8, 4) is 0 Å². The number of carbonyl (C=O) groups excluding carboxylic acids is 1. The van der Waals surface area contributed by atoms with E-state index in [0.717, 1.165) is 35.7 Å². The molecule has 1 aliphatic heterocycles. The fourth-order valence-corrected chi connectivity index (χ4v) is 4.83. The average molecular weight is 437 g/mol. The second kappa shape index (κ2) is 10.1. The van der Waals surface area contributed by atoms with Gasteiger partial charge in [-0.3, -0.25) is 9.59 Å². The van der Waals surface area contributed by atoms with E-state index in [0.29, 0.717) is 23.2 Å². The van der Waals surface area contributed by atoms with Crippen LogP contribution >= 0.6 is 11.8 Å². The number of nitrogens with one attached hydrogen (secondary N) is 1. The largest absolute Gasteiger partial charge is 0.346 e. The molecule has 1 amide bonds. The Morgan fingerprint density at radius 3 is 2.52 bits per heavy atom. The second-order valence-corrected chi connectivity index (χ2v) is 8.99. The molecule has 162 valence electrons. The quantitative estimate of drug-likeness (QED) is 0.547. The summed E-state index contributed by atoms with van der Waals surface area (Å²) in [6.45, 7) is 5.88. The van der Waals surface area contributed by atoms with E-state index in [2.05, 4.69) is 22.2 Å². The van der Waals surface area contributed by atoms with E-state index in [1.807, 2.05) is 48.5 Å². The molecule has 0 spiro atoms. The second-order valence-electron chi connectivity index (χ2n) is 7.68. The van der Waals surface area contributed by atoms with E-state index in [-0.39, 0.29) is 18.0 Å². The Balaban J connectivity index is 1.57. The van der Waals surface area contributed by atoms with Gasteiger partial charge in [-0.15, -0.1) is 11.8 Å². The number of fused-ring (bicyclic) bond motifs is 1. The molecular weight excluding hydrogens is 408 g/mol. The molecule has 2 aromatic carbocycles. The molecule has 0 aliphatic carbocycles. The van der Waals surface area contributed by atoms with E-state index in [9.17, 15) is 9.59 Å². The predicted octanol–water partition coefficient (Wildman–Crippen LogP) is 3.53. The zero-order valence-corrected chi connectivity index (χ0v) is 18.7. The molecule has 0 unspecified atom stereocenters. The first-order valence-electron chi connectivity index (χ1n) is 10.9. The molecule has 0 radical (unpaired) electrons. The number of carbonyl (C=O) groups is 1. The van der Waals surface area contributed by atoms with Gasteiger partial charge in [0.15, 0.2) is 0 Å². The standard InChI is InChI=1S/C24H28N4O2S/c1-2-31-22-12-6-5-11-20(22)23(29)25-17-21-18-9-3-4-10-19(18)24(30)28(26-21)16-15-27-13-7-8-14-27/h3-6,9-12H,2,7-8,13-17H2,1H3,(H,25,29). The van der Waals surface area contributed by atoms with Crippen LogP contribution in [0.5, 0.6) is 0 Å². The molecule has 3 aromatic rings. The van der Waals surface area contributed by atoms with Crippen LogP contribution in [0.25, 0.3) is 10.8 Å². The Morgan fingerprint density at radius 1 is 1.03 bits per heavy atom. The number of thioether (sulfide) groups is 1. The lowest BCUT2D eigenvalue weighted by Crippen LogP contribution is -2.32. The summed E-state index contributed by atoms with van der Waals surface area (Å²) in [5, 5.41) is 9.09. The highest BCUT2D eigenvalue weighted by Gasteiger charge is 2.16. The highest BCUT2D eigenvalue weighted by Crippen LogP contribution is 2.22. The van der Waals surface area contributed by atoms with Gasteiger partial charge in [-0.2, -0.15) is 5.10 Å². The lowest BCUT2D eigenvalue weighted by molar-refractivity contribution is 0.0947. The summed E-state index contributed by atoms with van der Waals surface area (Å²) < 4.78 is 1.56. The molecule has 7 heteroatoms. The molecule has 0 bridgehead atoms. The summed E-state index contributed by atoms with van der Waals surface area (Å²) in [6.07, 6.45) is 2.43. The van der Waals surface area contributed by atoms with Crippen molar-refractivity contribution in [3.63, 3.8) is 0 Å². The zero-order chi connectivity index (χ0) is 21.6. The number of likely N-dealkylation sites (tertiary alicyclic amines) is 1. The normalized spacial score (nSPS) is 14.2. The first-order valence-corrected chi connectivity index (χ1v) is 11.9. The Kier molecular flexibility index (Phi) is 7.04. The van der Waals surface area contributed by atoms with Crippen LogP contribution in [0.3, 0.4) is 0 Å². The maximum atomic E-state index is 13.0. The highest BCUT2D eigenvalue weighted by molar-refractivity contribution is 7.99. The fraction of sp³-hybridized carbons (Fsp3) is 0.375. The van der Waals surface area contributed by atoms with Gasteiger partial charge in [-0.05, 0) is 49.9 Å². The van der Waals surface area contributed by atoms with Crippen molar-refractivity contribution in [2.45, 2.75) is 37.8 Å². The van der Waals surface area contributed by atoms with Crippen LogP contribution in [0.4, 0.5) is 0 Å². The van der Waals surface area contributed by atoms with Gasteiger partial charge in [0.2, 0.25) is 0 Å². The van der Waals surface area contributed by atoms with E-state index in [1.165, 1.54) is 12.8 Å². The Labute approximate surface area is 186 Å². The van der Waals surface area contributed by atoms with Gasteiger partial charge in [0.05, 0.1) is 29.7 Å². The Morgan fingerprint density at radius 2 is 1.74 bits per heavy atom. The van der Waals surface area contributed by atoms with Crippen molar-refractivity contribution in [2.75, 3.05) is 25.4 Å². The van der Waals surface area contributed by atoms with E-state index in [4.69, 9.17) is 0 Å². The maximum absolute atomic E-state index is 13.0. The number of aromatic nitrogens is 2. The van der Waals surface area contributed by atoms with E-state index in [1.54, 1.807) is 16.4 Å². The summed E-state index contributed by atoms with van der Waals surface area (Å²) in [6, 6.07) is 15.1. The minimum Gasteiger partial charge on any atom is -0.346 e. The van der Waals surface area contributed by atoms with Crippen LogP contribution in [0.1, 0.15) is 35.8 Å². The molecular formula is C24H28N4O2S. The van der Waals surface area contributed by atoms with Crippen molar-refractivity contribution in [1.29, 1.82) is 0 Å². The molecule has 1 fully saturated rings.